The molecule has 2 unspecified atom stereocenters. The fraction of sp³-hybridized carbons (Fsp3) is 0.769. The number of thiol groups is 4. The lowest BCUT2D eigenvalue weighted by Gasteiger charge is -2.17. The zero-order chi connectivity index (χ0) is 18.0. The number of carboxylic acid groups (broad SMARTS) is 1. The summed E-state index contributed by atoms with van der Waals surface area (Å²) in [6, 6.07) is 0. The Morgan fingerprint density at radius 1 is 1.00 bits per heavy atom. The molecule has 0 saturated carbocycles. The zero-order valence-corrected chi connectivity index (χ0v) is 16.3. The SMILES string of the molecule is CC(S)(S)C(=O)OCCOC(=O)C(CS)CCC(CS)C(=O)O. The first-order valence-electron chi connectivity index (χ1n) is 6.86. The fourth-order valence-electron chi connectivity index (χ4n) is 1.51. The molecule has 0 rings (SSSR count). The summed E-state index contributed by atoms with van der Waals surface area (Å²) in [5, 5.41) is 8.94. The van der Waals surface area contributed by atoms with Crippen LogP contribution >= 0.6 is 50.5 Å². The third-order valence-corrected chi connectivity index (χ3v) is 4.18. The molecule has 10 heteroatoms. The highest BCUT2D eigenvalue weighted by atomic mass is 32.2. The van der Waals surface area contributed by atoms with Crippen molar-refractivity contribution in [3.8, 4) is 0 Å². The van der Waals surface area contributed by atoms with E-state index in [2.05, 4.69) is 50.5 Å². The van der Waals surface area contributed by atoms with Crippen molar-refractivity contribution in [1.82, 2.24) is 0 Å². The van der Waals surface area contributed by atoms with Crippen molar-refractivity contribution in [3.05, 3.63) is 0 Å². The molecule has 0 aliphatic heterocycles. The number of aliphatic carboxylic acids is 1. The summed E-state index contributed by atoms with van der Waals surface area (Å²) in [5.41, 5.74) is 0. The van der Waals surface area contributed by atoms with E-state index in [9.17, 15) is 14.4 Å². The Balaban J connectivity index is 4.16. The van der Waals surface area contributed by atoms with Crippen molar-refractivity contribution in [2.24, 2.45) is 11.8 Å². The monoisotopic (exact) mass is 402 g/mol. The quantitative estimate of drug-likeness (QED) is 0.156. The highest BCUT2D eigenvalue weighted by Gasteiger charge is 2.26. The Bertz CT molecular complexity index is 410. The summed E-state index contributed by atoms with van der Waals surface area (Å²) in [6.07, 6.45) is 0.650. The average molecular weight is 403 g/mol. The van der Waals surface area contributed by atoms with E-state index < -0.39 is 33.8 Å². The summed E-state index contributed by atoms with van der Waals surface area (Å²) in [7, 11) is 0. The lowest BCUT2D eigenvalue weighted by Crippen LogP contribution is -2.28. The fourth-order valence-corrected chi connectivity index (χ4v) is 2.31. The maximum atomic E-state index is 11.9. The molecule has 0 amide bonds. The van der Waals surface area contributed by atoms with Gasteiger partial charge in [0.25, 0.3) is 0 Å². The molecule has 2 atom stereocenters. The highest BCUT2D eigenvalue weighted by molar-refractivity contribution is 8.01. The van der Waals surface area contributed by atoms with Crippen LogP contribution < -0.4 is 0 Å². The second-order valence-electron chi connectivity index (χ2n) is 5.00. The first-order chi connectivity index (χ1) is 10.6. The maximum Gasteiger partial charge on any atom is 0.331 e. The molecule has 0 aromatic heterocycles. The van der Waals surface area contributed by atoms with Crippen LogP contribution in [-0.4, -0.2) is 51.8 Å². The van der Waals surface area contributed by atoms with Gasteiger partial charge in [0.05, 0.1) is 11.8 Å². The Morgan fingerprint density at radius 2 is 1.48 bits per heavy atom. The van der Waals surface area contributed by atoms with Crippen molar-refractivity contribution in [1.29, 1.82) is 0 Å². The number of hydrogen-bond donors (Lipinski definition) is 5. The Kier molecular flexibility index (Phi) is 11.3. The van der Waals surface area contributed by atoms with E-state index in [1.165, 1.54) is 6.92 Å². The first-order valence-corrected chi connectivity index (χ1v) is 9.02. The number of carboxylic acids is 1. The van der Waals surface area contributed by atoms with Crippen molar-refractivity contribution >= 4 is 68.4 Å². The van der Waals surface area contributed by atoms with Crippen LogP contribution in [0.5, 0.6) is 0 Å². The third-order valence-electron chi connectivity index (χ3n) is 2.93. The molecule has 0 heterocycles. The molecular weight excluding hydrogens is 380 g/mol. The average Bonchev–Trinajstić information content (AvgIpc) is 2.46. The summed E-state index contributed by atoms with van der Waals surface area (Å²) >= 11 is 15.9. The number of esters is 2. The predicted molar refractivity (Wildman–Crippen MR) is 99.9 cm³/mol. The number of carbonyl (C=O) groups excluding carboxylic acids is 2. The molecule has 0 aromatic rings. The number of ether oxygens (including phenoxy) is 2. The van der Waals surface area contributed by atoms with E-state index >= 15 is 0 Å². The molecular formula is C13H22O6S4. The Morgan fingerprint density at radius 3 is 1.91 bits per heavy atom. The van der Waals surface area contributed by atoms with Crippen LogP contribution in [0, 0.1) is 11.8 Å². The Labute approximate surface area is 157 Å². The van der Waals surface area contributed by atoms with Gasteiger partial charge < -0.3 is 14.6 Å². The van der Waals surface area contributed by atoms with Gasteiger partial charge in [0, 0.05) is 11.5 Å². The molecule has 0 aromatic carbocycles. The van der Waals surface area contributed by atoms with Gasteiger partial charge in [-0.25, -0.2) is 4.79 Å². The minimum atomic E-state index is -1.21. The molecule has 0 fully saturated rings. The maximum absolute atomic E-state index is 11.9. The van der Waals surface area contributed by atoms with Gasteiger partial charge in [0.1, 0.15) is 13.2 Å². The standard InChI is InChI=1S/C13H22O6S4/c1-13(22,23)12(17)19-5-4-18-11(16)9(7-21)3-2-8(6-20)10(14)15/h8-9,20-23H,2-7H2,1H3,(H,14,15). The first kappa shape index (κ1) is 22.8. The van der Waals surface area contributed by atoms with Gasteiger partial charge in [0.2, 0.25) is 0 Å². The molecule has 6 nitrogen and oxygen atoms in total. The van der Waals surface area contributed by atoms with Gasteiger partial charge in [-0.2, -0.15) is 50.5 Å². The number of hydrogen-bond acceptors (Lipinski definition) is 9. The van der Waals surface area contributed by atoms with Crippen LogP contribution in [0.25, 0.3) is 0 Å². The normalized spacial score (nSPS) is 14.0. The van der Waals surface area contributed by atoms with Gasteiger partial charge in [-0.15, -0.1) is 0 Å². The van der Waals surface area contributed by atoms with Crippen LogP contribution in [0.1, 0.15) is 19.8 Å². The van der Waals surface area contributed by atoms with E-state index in [4.69, 9.17) is 14.6 Å². The highest BCUT2D eigenvalue weighted by Crippen LogP contribution is 2.20. The molecule has 0 radical (unpaired) electrons. The van der Waals surface area contributed by atoms with Gasteiger partial charge in [-0.05, 0) is 19.8 Å². The lowest BCUT2D eigenvalue weighted by atomic mass is 9.98. The predicted octanol–water partition coefficient (Wildman–Crippen LogP) is 1.61. The zero-order valence-electron chi connectivity index (χ0n) is 12.7. The smallest absolute Gasteiger partial charge is 0.331 e. The second kappa shape index (κ2) is 11.4. The van der Waals surface area contributed by atoms with Crippen LogP contribution in [-0.2, 0) is 23.9 Å². The van der Waals surface area contributed by atoms with Crippen molar-refractivity contribution < 1.29 is 29.0 Å². The van der Waals surface area contributed by atoms with Crippen molar-refractivity contribution in [2.45, 2.75) is 23.8 Å². The van der Waals surface area contributed by atoms with Crippen LogP contribution in [0.15, 0.2) is 0 Å². The van der Waals surface area contributed by atoms with E-state index in [0.29, 0.717) is 12.8 Å². The summed E-state index contributed by atoms with van der Waals surface area (Å²) < 4.78 is 8.63. The molecule has 0 aliphatic rings. The van der Waals surface area contributed by atoms with E-state index in [1.807, 2.05) is 0 Å². The number of rotatable bonds is 11. The second-order valence-corrected chi connectivity index (χ2v) is 7.87. The molecule has 0 saturated heterocycles. The molecule has 0 aliphatic carbocycles. The largest absolute Gasteiger partial charge is 0.481 e. The third kappa shape index (κ3) is 9.63. The molecule has 1 N–H and O–H groups in total. The minimum Gasteiger partial charge on any atom is -0.481 e. The molecule has 134 valence electrons. The van der Waals surface area contributed by atoms with Gasteiger partial charge in [-0.3, -0.25) is 9.59 Å². The lowest BCUT2D eigenvalue weighted by molar-refractivity contribution is -0.154. The summed E-state index contributed by atoms with van der Waals surface area (Å²) in [6.45, 7) is 1.27. The molecule has 23 heavy (non-hydrogen) atoms. The summed E-state index contributed by atoms with van der Waals surface area (Å²) in [5.74, 6) is -2.77. The molecule has 0 bridgehead atoms. The van der Waals surface area contributed by atoms with Crippen LogP contribution in [0.4, 0.5) is 0 Å². The summed E-state index contributed by atoms with van der Waals surface area (Å²) in [4.78, 5) is 34.2. The minimum absolute atomic E-state index is 0.0958. The van der Waals surface area contributed by atoms with E-state index in [1.54, 1.807) is 0 Å². The Hall–Kier alpha value is -0.190. The van der Waals surface area contributed by atoms with Crippen LogP contribution in [0.3, 0.4) is 0 Å². The van der Waals surface area contributed by atoms with E-state index in [0.717, 1.165) is 0 Å². The van der Waals surface area contributed by atoms with Gasteiger partial charge in [0.15, 0.2) is 4.08 Å². The van der Waals surface area contributed by atoms with Crippen molar-refractivity contribution in [3.63, 3.8) is 0 Å². The van der Waals surface area contributed by atoms with Crippen molar-refractivity contribution in [2.75, 3.05) is 24.7 Å². The topological polar surface area (TPSA) is 89.9 Å². The van der Waals surface area contributed by atoms with Gasteiger partial charge >= 0.3 is 17.9 Å². The number of carbonyl (C=O) groups is 3. The van der Waals surface area contributed by atoms with E-state index in [-0.39, 0.29) is 24.7 Å². The molecule has 0 spiro atoms. The van der Waals surface area contributed by atoms with Gasteiger partial charge in [-0.1, -0.05) is 0 Å². The van der Waals surface area contributed by atoms with Crippen LogP contribution in [0.2, 0.25) is 0 Å².